The van der Waals surface area contributed by atoms with Gasteiger partial charge in [-0.1, -0.05) is 36.4 Å². The molecule has 0 saturated carbocycles. The number of aromatic amines is 1. The monoisotopic (exact) mass is 483 g/mol. The molecular formula is C25H25NO7S. The Hall–Kier alpha value is -2.76. The van der Waals surface area contributed by atoms with Crippen molar-refractivity contribution in [2.45, 2.75) is 36.8 Å². The summed E-state index contributed by atoms with van der Waals surface area (Å²) in [5.41, 5.74) is 2.78. The van der Waals surface area contributed by atoms with Gasteiger partial charge in [0.25, 0.3) is 5.79 Å². The van der Waals surface area contributed by atoms with Crippen molar-refractivity contribution in [1.82, 2.24) is 4.98 Å². The van der Waals surface area contributed by atoms with E-state index in [2.05, 4.69) is 29.2 Å². The summed E-state index contributed by atoms with van der Waals surface area (Å²) in [6.45, 7) is -0.644. The molecule has 1 fully saturated rings. The third kappa shape index (κ3) is 4.01. The minimum Gasteiger partial charge on any atom is -0.454 e. The molecule has 0 aliphatic carbocycles. The number of benzene rings is 2. The van der Waals surface area contributed by atoms with Crippen molar-refractivity contribution in [3.05, 3.63) is 77.3 Å². The first kappa shape index (κ1) is 23.0. The second-order valence-corrected chi connectivity index (χ2v) is 9.47. The number of hydrogen-bond acceptors (Lipinski definition) is 8. The Morgan fingerprint density at radius 2 is 1.79 bits per heavy atom. The molecule has 0 spiro atoms. The van der Waals surface area contributed by atoms with E-state index in [0.717, 1.165) is 26.4 Å². The zero-order valence-electron chi connectivity index (χ0n) is 18.0. The Morgan fingerprint density at radius 1 is 1.00 bits per heavy atom. The Morgan fingerprint density at radius 3 is 2.56 bits per heavy atom. The van der Waals surface area contributed by atoms with E-state index < -0.39 is 37.0 Å². The third-order valence-electron chi connectivity index (χ3n) is 6.07. The van der Waals surface area contributed by atoms with E-state index in [4.69, 9.17) is 9.47 Å². The summed E-state index contributed by atoms with van der Waals surface area (Å²) < 4.78 is 10.8. The van der Waals surface area contributed by atoms with Crippen LogP contribution < -0.4 is 4.74 Å². The lowest BCUT2D eigenvalue weighted by atomic mass is 9.95. The van der Waals surface area contributed by atoms with Gasteiger partial charge >= 0.3 is 0 Å². The molecule has 0 bridgehead atoms. The Bertz CT molecular complexity index is 1270. The first-order chi connectivity index (χ1) is 16.4. The fraction of sp³-hybridized carbons (Fsp3) is 0.280. The number of aromatic nitrogens is 1. The van der Waals surface area contributed by atoms with Gasteiger partial charge in [-0.05, 0) is 35.4 Å². The topological polar surface area (TPSA) is 135 Å². The number of fused-ring (bicyclic) bond motifs is 1. The molecule has 3 heterocycles. The summed E-state index contributed by atoms with van der Waals surface area (Å²) in [4.78, 5) is 5.46. The zero-order valence-corrected chi connectivity index (χ0v) is 18.9. The molecule has 5 rings (SSSR count). The molecule has 2 aromatic heterocycles. The molecule has 178 valence electrons. The number of aliphatic hydroxyl groups is 5. The van der Waals surface area contributed by atoms with Gasteiger partial charge in [0.2, 0.25) is 6.29 Å². The molecule has 5 atom stereocenters. The molecule has 6 N–H and O–H groups in total. The fourth-order valence-corrected chi connectivity index (χ4v) is 5.27. The lowest BCUT2D eigenvalue weighted by molar-refractivity contribution is -0.385. The summed E-state index contributed by atoms with van der Waals surface area (Å²) in [5, 5.41) is 51.9. The van der Waals surface area contributed by atoms with Crippen molar-refractivity contribution in [3.8, 4) is 16.2 Å². The van der Waals surface area contributed by atoms with Crippen LogP contribution in [-0.4, -0.2) is 67.5 Å². The summed E-state index contributed by atoms with van der Waals surface area (Å²) in [6.07, 6.45) is -4.39. The number of aliphatic hydroxyl groups excluding tert-OH is 4. The van der Waals surface area contributed by atoms with Crippen molar-refractivity contribution in [1.29, 1.82) is 0 Å². The van der Waals surface area contributed by atoms with Crippen LogP contribution >= 0.6 is 11.3 Å². The Kier molecular flexibility index (Phi) is 6.17. The average molecular weight is 484 g/mol. The molecule has 2 aromatic carbocycles. The smallest absolute Gasteiger partial charge is 0.288 e. The van der Waals surface area contributed by atoms with Gasteiger partial charge in [0.15, 0.2) is 6.10 Å². The normalized spacial score (nSPS) is 27.2. The standard InChI is InChI=1S/C25H25NO7S/c27-13-19-22(28)23(29)25(31,24(30)32-19)33-18-8-4-7-17-21(18)15(12-26-17)11-16-9-10-20(34-16)14-5-2-1-3-6-14/h1-10,12,19,22-24,26-31H,11,13H2/t19-,22-,23+,24+,25+/m1/s1. The van der Waals surface area contributed by atoms with Gasteiger partial charge in [0.1, 0.15) is 18.0 Å². The van der Waals surface area contributed by atoms with Crippen LogP contribution in [0.2, 0.25) is 0 Å². The molecule has 0 unspecified atom stereocenters. The van der Waals surface area contributed by atoms with E-state index in [1.165, 1.54) is 0 Å². The number of ether oxygens (including phenoxy) is 2. The lowest BCUT2D eigenvalue weighted by Gasteiger charge is -2.45. The van der Waals surface area contributed by atoms with Gasteiger partial charge < -0.3 is 40.0 Å². The predicted octanol–water partition coefficient (Wildman–Crippen LogP) is 1.99. The van der Waals surface area contributed by atoms with Gasteiger partial charge in [-0.2, -0.15) is 0 Å². The van der Waals surface area contributed by atoms with E-state index >= 15 is 0 Å². The van der Waals surface area contributed by atoms with Crippen molar-refractivity contribution < 1.29 is 35.0 Å². The first-order valence-corrected chi connectivity index (χ1v) is 11.7. The molecule has 0 amide bonds. The van der Waals surface area contributed by atoms with Gasteiger partial charge in [-0.25, -0.2) is 0 Å². The van der Waals surface area contributed by atoms with Crippen molar-refractivity contribution in [3.63, 3.8) is 0 Å². The molecule has 4 aromatic rings. The maximum absolute atomic E-state index is 11.0. The highest BCUT2D eigenvalue weighted by molar-refractivity contribution is 7.15. The highest BCUT2D eigenvalue weighted by Gasteiger charge is 2.57. The van der Waals surface area contributed by atoms with E-state index in [9.17, 15) is 25.5 Å². The first-order valence-electron chi connectivity index (χ1n) is 10.9. The van der Waals surface area contributed by atoms with Crippen molar-refractivity contribution >= 4 is 22.2 Å². The summed E-state index contributed by atoms with van der Waals surface area (Å²) >= 11 is 1.68. The minimum atomic E-state index is -2.64. The number of rotatable bonds is 6. The number of H-pyrrole nitrogens is 1. The minimum absolute atomic E-state index is 0.201. The van der Waals surface area contributed by atoms with E-state index in [1.54, 1.807) is 23.5 Å². The van der Waals surface area contributed by atoms with Crippen LogP contribution in [0.3, 0.4) is 0 Å². The quantitative estimate of drug-likeness (QED) is 0.231. The third-order valence-corrected chi connectivity index (χ3v) is 7.21. The largest absolute Gasteiger partial charge is 0.454 e. The highest BCUT2D eigenvalue weighted by atomic mass is 32.1. The summed E-state index contributed by atoms with van der Waals surface area (Å²) in [5.74, 6) is -2.44. The van der Waals surface area contributed by atoms with Crippen LogP contribution in [0.5, 0.6) is 5.75 Å². The molecule has 1 saturated heterocycles. The van der Waals surface area contributed by atoms with Crippen LogP contribution in [0.25, 0.3) is 21.3 Å². The molecule has 1 aliphatic rings. The van der Waals surface area contributed by atoms with Crippen LogP contribution in [0.15, 0.2) is 66.9 Å². The molecule has 0 radical (unpaired) electrons. The van der Waals surface area contributed by atoms with Gasteiger partial charge in [-0.15, -0.1) is 11.3 Å². The molecule has 9 heteroatoms. The summed E-state index contributed by atoms with van der Waals surface area (Å²) in [7, 11) is 0. The molecule has 8 nitrogen and oxygen atoms in total. The van der Waals surface area contributed by atoms with Crippen molar-refractivity contribution in [2.75, 3.05) is 6.61 Å². The SMILES string of the molecule is OC[C@H]1O[C@H](O)[C@@](O)(Oc2cccc3[nH]cc(Cc4ccc(-c5ccccc5)s4)c23)[C@@H](O)[C@@H]1O. The highest BCUT2D eigenvalue weighted by Crippen LogP contribution is 2.38. The van der Waals surface area contributed by atoms with Crippen LogP contribution in [0, 0.1) is 0 Å². The molecule has 34 heavy (non-hydrogen) atoms. The Balaban J connectivity index is 1.45. The maximum Gasteiger partial charge on any atom is 0.288 e. The maximum atomic E-state index is 11.0. The summed E-state index contributed by atoms with van der Waals surface area (Å²) in [6, 6.07) is 19.4. The van der Waals surface area contributed by atoms with Crippen LogP contribution in [0.1, 0.15) is 10.4 Å². The number of thiophene rings is 1. The second kappa shape index (κ2) is 9.12. The number of nitrogens with one attached hydrogen (secondary N) is 1. The lowest BCUT2D eigenvalue weighted by Crippen LogP contribution is -2.69. The second-order valence-electron chi connectivity index (χ2n) is 8.30. The van der Waals surface area contributed by atoms with Crippen molar-refractivity contribution in [2.24, 2.45) is 0 Å². The average Bonchev–Trinajstić information content (AvgIpc) is 3.49. The fourth-order valence-electron chi connectivity index (χ4n) is 4.24. The van der Waals surface area contributed by atoms with Crippen LogP contribution in [0.4, 0.5) is 0 Å². The zero-order chi connectivity index (χ0) is 23.9. The van der Waals surface area contributed by atoms with Gasteiger partial charge in [-0.3, -0.25) is 0 Å². The predicted molar refractivity (Wildman–Crippen MR) is 126 cm³/mol. The molecular weight excluding hydrogens is 458 g/mol. The molecule has 1 aliphatic heterocycles. The van der Waals surface area contributed by atoms with Gasteiger partial charge in [0.05, 0.1) is 6.61 Å². The van der Waals surface area contributed by atoms with E-state index in [1.807, 2.05) is 30.5 Å². The number of hydrogen-bond donors (Lipinski definition) is 6. The van der Waals surface area contributed by atoms with Gasteiger partial charge in [0, 0.05) is 33.3 Å². The van der Waals surface area contributed by atoms with Crippen LogP contribution in [-0.2, 0) is 11.2 Å². The van der Waals surface area contributed by atoms with E-state index in [0.29, 0.717) is 11.8 Å². The Labute approximate surface area is 199 Å². The van der Waals surface area contributed by atoms with E-state index in [-0.39, 0.29) is 5.75 Å².